The molecule has 1 aromatic carbocycles. The van der Waals surface area contributed by atoms with E-state index in [1.807, 2.05) is 57.2 Å². The van der Waals surface area contributed by atoms with Crippen LogP contribution in [0.15, 0.2) is 36.4 Å². The fourth-order valence-corrected chi connectivity index (χ4v) is 2.00. The van der Waals surface area contributed by atoms with E-state index < -0.39 is 28.8 Å². The third kappa shape index (κ3) is 5.21. The van der Waals surface area contributed by atoms with E-state index in [4.69, 9.17) is 0 Å². The molecule has 0 aromatic heterocycles. The van der Waals surface area contributed by atoms with Gasteiger partial charge in [-0.25, -0.2) is 4.39 Å². The van der Waals surface area contributed by atoms with Gasteiger partial charge in [0.15, 0.2) is 0 Å². The van der Waals surface area contributed by atoms with Crippen LogP contribution in [-0.4, -0.2) is 22.0 Å². The molecule has 0 aliphatic heterocycles. The summed E-state index contributed by atoms with van der Waals surface area (Å²) in [5.41, 5.74) is 0.999. The van der Waals surface area contributed by atoms with E-state index in [1.54, 1.807) is 6.08 Å². The van der Waals surface area contributed by atoms with Crippen LogP contribution in [0.3, 0.4) is 0 Å². The van der Waals surface area contributed by atoms with Crippen LogP contribution in [0.25, 0.3) is 6.08 Å². The molecule has 0 bridgehead atoms. The molecule has 4 heteroatoms. The lowest BCUT2D eigenvalue weighted by atomic mass is 10.2. The van der Waals surface area contributed by atoms with Gasteiger partial charge in [0.2, 0.25) is 0 Å². The topological polar surface area (TPSA) is 35.1 Å². The van der Waals surface area contributed by atoms with Crippen molar-refractivity contribution in [3.05, 3.63) is 42.0 Å². The number of alkyl halides is 1. The number of rotatable bonds is 5. The van der Waals surface area contributed by atoms with Crippen LogP contribution < -0.4 is 4.72 Å². The molecule has 0 fully saturated rings. The van der Waals surface area contributed by atoms with Crippen molar-refractivity contribution in [2.45, 2.75) is 31.6 Å². The fourth-order valence-electron chi connectivity index (χ4n) is 1.23. The first-order valence-electron chi connectivity index (χ1n) is 5.91. The summed E-state index contributed by atoms with van der Waals surface area (Å²) in [7, 11) is 0. The van der Waals surface area contributed by atoms with Gasteiger partial charge in [-0.3, -0.25) is 0 Å². The van der Waals surface area contributed by atoms with E-state index in [1.165, 1.54) is 0 Å². The second kappa shape index (κ2) is 6.92. The van der Waals surface area contributed by atoms with Crippen LogP contribution in [0, 0.1) is 0 Å². The summed E-state index contributed by atoms with van der Waals surface area (Å²) in [5.74, 6) is 0. The molecular formula is C14H20FNOS. The molecule has 0 saturated carbocycles. The zero-order valence-electron chi connectivity index (χ0n) is 11.0. The smallest absolute Gasteiger partial charge is 0.136 e. The van der Waals surface area contributed by atoms with Crippen molar-refractivity contribution < 1.29 is 8.94 Å². The van der Waals surface area contributed by atoms with Crippen molar-refractivity contribution in [1.29, 1.82) is 0 Å². The zero-order chi connectivity index (χ0) is 13.6. The van der Waals surface area contributed by atoms with Gasteiger partial charge in [-0.15, -0.1) is 4.72 Å². The van der Waals surface area contributed by atoms with Crippen LogP contribution in [0.4, 0.5) is 4.39 Å². The van der Waals surface area contributed by atoms with Gasteiger partial charge < -0.3 is 4.55 Å². The third-order valence-electron chi connectivity index (χ3n) is 2.30. The molecular weight excluding hydrogens is 249 g/mol. The molecule has 2 nitrogen and oxygen atoms in total. The third-order valence-corrected chi connectivity index (χ3v) is 3.93. The van der Waals surface area contributed by atoms with Crippen LogP contribution in [-0.2, 0) is 11.4 Å². The highest BCUT2D eigenvalue weighted by molar-refractivity contribution is 7.90. The Morgan fingerprint density at radius 1 is 1.33 bits per heavy atom. The maximum absolute atomic E-state index is 12.9. The quantitative estimate of drug-likeness (QED) is 0.834. The zero-order valence-corrected chi connectivity index (χ0v) is 11.8. The van der Waals surface area contributed by atoms with Gasteiger partial charge in [0.05, 0.1) is 6.04 Å². The Morgan fingerprint density at radius 2 is 1.94 bits per heavy atom. The fraction of sp³-hybridized carbons (Fsp3) is 0.429. The average Bonchev–Trinajstić information content (AvgIpc) is 2.34. The number of benzene rings is 1. The van der Waals surface area contributed by atoms with Crippen molar-refractivity contribution in [3.63, 3.8) is 0 Å². The normalized spacial score (nSPS) is 15.8. The second-order valence-corrected chi connectivity index (χ2v) is 7.03. The molecule has 0 spiro atoms. The lowest BCUT2D eigenvalue weighted by Gasteiger charge is -2.25. The molecule has 0 aliphatic carbocycles. The first-order valence-corrected chi connectivity index (χ1v) is 7.05. The first kappa shape index (κ1) is 15.2. The number of halogens is 1. The predicted molar refractivity (Wildman–Crippen MR) is 76.3 cm³/mol. The Labute approximate surface area is 112 Å². The highest BCUT2D eigenvalue weighted by Gasteiger charge is 2.28. The molecule has 18 heavy (non-hydrogen) atoms. The lowest BCUT2D eigenvalue weighted by Crippen LogP contribution is -2.44. The Kier molecular flexibility index (Phi) is 5.85. The largest absolute Gasteiger partial charge is 0.598 e. The van der Waals surface area contributed by atoms with E-state index in [-0.39, 0.29) is 0 Å². The summed E-state index contributed by atoms with van der Waals surface area (Å²) in [4.78, 5) is 0. The molecule has 1 unspecified atom stereocenters. The molecule has 0 saturated heterocycles. The van der Waals surface area contributed by atoms with Gasteiger partial charge >= 0.3 is 0 Å². The van der Waals surface area contributed by atoms with Crippen LogP contribution in [0.5, 0.6) is 0 Å². The van der Waals surface area contributed by atoms with Gasteiger partial charge in [0.1, 0.15) is 11.4 Å². The highest BCUT2D eigenvalue weighted by Crippen LogP contribution is 2.14. The lowest BCUT2D eigenvalue weighted by molar-refractivity contribution is 0.440. The minimum Gasteiger partial charge on any atom is -0.598 e. The van der Waals surface area contributed by atoms with Gasteiger partial charge in [-0.05, 0) is 26.3 Å². The van der Waals surface area contributed by atoms with Crippen molar-refractivity contribution >= 4 is 17.4 Å². The second-order valence-electron chi connectivity index (χ2n) is 5.03. The summed E-state index contributed by atoms with van der Waals surface area (Å²) in [6.07, 6.45) is 3.54. The van der Waals surface area contributed by atoms with Crippen molar-refractivity contribution in [1.82, 2.24) is 4.72 Å². The van der Waals surface area contributed by atoms with Crippen LogP contribution in [0.2, 0.25) is 0 Å². The van der Waals surface area contributed by atoms with E-state index >= 15 is 0 Å². The Balaban J connectivity index is 2.60. The minimum atomic E-state index is -1.27. The summed E-state index contributed by atoms with van der Waals surface area (Å²) in [6.45, 7) is 4.98. The van der Waals surface area contributed by atoms with Crippen molar-refractivity contribution in [3.8, 4) is 0 Å². The maximum Gasteiger partial charge on any atom is 0.136 e. The molecule has 0 radical (unpaired) electrons. The van der Waals surface area contributed by atoms with E-state index in [0.717, 1.165) is 5.56 Å². The summed E-state index contributed by atoms with van der Waals surface area (Å²) in [6, 6.07) is 9.12. The van der Waals surface area contributed by atoms with Gasteiger partial charge in [0, 0.05) is 11.4 Å². The maximum atomic E-state index is 12.9. The molecule has 2 atom stereocenters. The predicted octanol–water partition coefficient (Wildman–Crippen LogP) is 3.09. The molecule has 0 amide bonds. The summed E-state index contributed by atoms with van der Waals surface area (Å²) < 4.78 is 27.1. The standard InChI is InChI=1S/C14H20FNOS/c1-14(2,3)18(17)16-13(11-15)10-9-12-7-5-4-6-8-12/h4-10,13,16H,11H2,1-3H3/t13-,18?/m1/s1. The van der Waals surface area contributed by atoms with Crippen molar-refractivity contribution in [2.24, 2.45) is 0 Å². The number of nitrogens with one attached hydrogen (secondary N) is 1. The number of hydrogen-bond donors (Lipinski definition) is 1. The molecule has 100 valence electrons. The highest BCUT2D eigenvalue weighted by atomic mass is 32.2. The summed E-state index contributed by atoms with van der Waals surface area (Å²) >= 11 is -1.27. The average molecular weight is 269 g/mol. The van der Waals surface area contributed by atoms with Crippen LogP contribution in [0.1, 0.15) is 26.3 Å². The molecule has 0 heterocycles. The minimum absolute atomic E-state index is 0.395. The van der Waals surface area contributed by atoms with Crippen molar-refractivity contribution in [2.75, 3.05) is 6.67 Å². The first-order chi connectivity index (χ1) is 8.43. The van der Waals surface area contributed by atoms with Gasteiger partial charge in [-0.2, -0.15) is 0 Å². The van der Waals surface area contributed by atoms with E-state index in [2.05, 4.69) is 4.72 Å². The van der Waals surface area contributed by atoms with Gasteiger partial charge in [-0.1, -0.05) is 42.5 Å². The Morgan fingerprint density at radius 3 is 2.44 bits per heavy atom. The molecule has 1 rings (SSSR count). The Hall–Kier alpha value is -0.840. The number of hydrogen-bond acceptors (Lipinski definition) is 2. The van der Waals surface area contributed by atoms with E-state index in [9.17, 15) is 8.94 Å². The molecule has 0 aliphatic rings. The van der Waals surface area contributed by atoms with Gasteiger partial charge in [0.25, 0.3) is 0 Å². The summed E-state index contributed by atoms with van der Waals surface area (Å²) in [5, 5.41) is 0. The molecule has 1 N–H and O–H groups in total. The Bertz CT molecular complexity index is 375. The van der Waals surface area contributed by atoms with E-state index in [0.29, 0.717) is 0 Å². The molecule has 1 aromatic rings. The monoisotopic (exact) mass is 269 g/mol. The SMILES string of the molecule is CC(C)(C)[S+]([O-])N[C@H](C=Cc1ccccc1)CF. The van der Waals surface area contributed by atoms with Crippen LogP contribution >= 0.6 is 0 Å².